The van der Waals surface area contributed by atoms with Gasteiger partial charge in [-0.05, 0) is 31.0 Å². The summed E-state index contributed by atoms with van der Waals surface area (Å²) in [5, 5.41) is 3.15. The highest BCUT2D eigenvalue weighted by molar-refractivity contribution is 7.89. The summed E-state index contributed by atoms with van der Waals surface area (Å²) in [4.78, 5) is 7.47. The smallest absolute Gasteiger partial charge is 0.243 e. The van der Waals surface area contributed by atoms with E-state index in [4.69, 9.17) is 4.98 Å². The van der Waals surface area contributed by atoms with Crippen molar-refractivity contribution in [3.05, 3.63) is 70.0 Å². The lowest BCUT2D eigenvalue weighted by molar-refractivity contribution is 0.181. The first kappa shape index (κ1) is 20.2. The summed E-state index contributed by atoms with van der Waals surface area (Å²) in [6.45, 7) is 6.98. The van der Waals surface area contributed by atoms with E-state index >= 15 is 0 Å². The molecule has 0 amide bonds. The van der Waals surface area contributed by atoms with Crippen LogP contribution in [0.1, 0.15) is 16.1 Å². The Hall–Kier alpha value is -2.06. The molecule has 3 aromatic rings. The minimum atomic E-state index is -3.45. The molecule has 0 atom stereocenters. The topological polar surface area (TPSA) is 53.5 Å². The first-order valence-electron chi connectivity index (χ1n) is 9.73. The zero-order chi connectivity index (χ0) is 20.4. The van der Waals surface area contributed by atoms with Gasteiger partial charge in [0.25, 0.3) is 0 Å². The monoisotopic (exact) mass is 427 g/mol. The van der Waals surface area contributed by atoms with E-state index in [1.54, 1.807) is 21.7 Å². The molecule has 152 valence electrons. The third-order valence-electron chi connectivity index (χ3n) is 5.27. The number of hydrogen-bond acceptors (Lipinski definition) is 5. The summed E-state index contributed by atoms with van der Waals surface area (Å²) >= 11 is 1.66. The highest BCUT2D eigenvalue weighted by atomic mass is 32.2. The minimum absolute atomic E-state index is 0.429. The molecule has 0 spiro atoms. The van der Waals surface area contributed by atoms with Crippen molar-refractivity contribution in [3.63, 3.8) is 0 Å². The second-order valence-electron chi connectivity index (χ2n) is 7.44. The molecule has 0 N–H and O–H groups in total. The average molecular weight is 428 g/mol. The van der Waals surface area contributed by atoms with Crippen molar-refractivity contribution in [2.75, 3.05) is 26.2 Å². The molecule has 2 aromatic carbocycles. The van der Waals surface area contributed by atoms with Crippen LogP contribution >= 0.6 is 11.3 Å². The Morgan fingerprint density at radius 1 is 1.00 bits per heavy atom. The van der Waals surface area contributed by atoms with E-state index in [-0.39, 0.29) is 0 Å². The predicted octanol–water partition coefficient (Wildman–Crippen LogP) is 3.93. The fourth-order valence-corrected chi connectivity index (χ4v) is 6.15. The van der Waals surface area contributed by atoms with Gasteiger partial charge in [-0.2, -0.15) is 4.31 Å². The fourth-order valence-electron chi connectivity index (χ4n) is 3.57. The molecule has 1 aliphatic rings. The second kappa shape index (κ2) is 8.36. The van der Waals surface area contributed by atoms with Gasteiger partial charge >= 0.3 is 0 Å². The van der Waals surface area contributed by atoms with Crippen LogP contribution in [0.5, 0.6) is 0 Å². The van der Waals surface area contributed by atoms with Crippen LogP contribution in [0.25, 0.3) is 11.3 Å². The van der Waals surface area contributed by atoms with Crippen molar-refractivity contribution in [2.24, 2.45) is 0 Å². The van der Waals surface area contributed by atoms with Gasteiger partial charge in [-0.15, -0.1) is 11.3 Å². The molecule has 0 aliphatic carbocycles. The maximum absolute atomic E-state index is 13.1. The van der Waals surface area contributed by atoms with Gasteiger partial charge in [0.15, 0.2) is 0 Å². The number of piperazine rings is 1. The zero-order valence-electron chi connectivity index (χ0n) is 16.7. The van der Waals surface area contributed by atoms with E-state index in [0.717, 1.165) is 33.9 Å². The van der Waals surface area contributed by atoms with Gasteiger partial charge in [0.05, 0.1) is 17.1 Å². The maximum Gasteiger partial charge on any atom is 0.243 e. The molecule has 5 nitrogen and oxygen atoms in total. The van der Waals surface area contributed by atoms with Gasteiger partial charge in [0.2, 0.25) is 10.0 Å². The maximum atomic E-state index is 13.1. The number of hydrogen-bond donors (Lipinski definition) is 0. The van der Waals surface area contributed by atoms with Crippen molar-refractivity contribution in [1.29, 1.82) is 0 Å². The van der Waals surface area contributed by atoms with E-state index in [1.165, 1.54) is 0 Å². The zero-order valence-corrected chi connectivity index (χ0v) is 18.3. The summed E-state index contributed by atoms with van der Waals surface area (Å²) < 4.78 is 27.8. The van der Waals surface area contributed by atoms with Crippen LogP contribution in [0.2, 0.25) is 0 Å². The van der Waals surface area contributed by atoms with Crippen LogP contribution in [0.3, 0.4) is 0 Å². The van der Waals surface area contributed by atoms with Crippen molar-refractivity contribution >= 4 is 21.4 Å². The number of nitrogens with zero attached hydrogens (tertiary/aromatic N) is 3. The molecular formula is C22H25N3O2S2. The first-order chi connectivity index (χ1) is 13.9. The van der Waals surface area contributed by atoms with E-state index in [1.807, 2.05) is 44.2 Å². The quantitative estimate of drug-likeness (QED) is 0.619. The van der Waals surface area contributed by atoms with E-state index in [2.05, 4.69) is 22.4 Å². The molecule has 7 heteroatoms. The van der Waals surface area contributed by atoms with Crippen molar-refractivity contribution in [1.82, 2.24) is 14.2 Å². The number of sulfonamides is 1. The molecule has 1 aromatic heterocycles. The highest BCUT2D eigenvalue weighted by Crippen LogP contribution is 2.25. The van der Waals surface area contributed by atoms with Crippen molar-refractivity contribution < 1.29 is 8.42 Å². The van der Waals surface area contributed by atoms with Gasteiger partial charge in [-0.1, -0.05) is 42.5 Å². The molecule has 1 saturated heterocycles. The fraction of sp³-hybridized carbons (Fsp3) is 0.318. The van der Waals surface area contributed by atoms with Crippen molar-refractivity contribution in [2.45, 2.75) is 25.3 Å². The summed E-state index contributed by atoms with van der Waals surface area (Å²) in [7, 11) is -3.45. The molecule has 0 radical (unpaired) electrons. The molecule has 29 heavy (non-hydrogen) atoms. The summed E-state index contributed by atoms with van der Waals surface area (Å²) in [6.07, 6.45) is 0. The summed E-state index contributed by atoms with van der Waals surface area (Å²) in [5.41, 5.74) is 3.89. The molecule has 0 unspecified atom stereocenters. The van der Waals surface area contributed by atoms with E-state index < -0.39 is 10.0 Å². The molecule has 2 heterocycles. The van der Waals surface area contributed by atoms with Crippen molar-refractivity contribution in [3.8, 4) is 11.3 Å². The summed E-state index contributed by atoms with van der Waals surface area (Å²) in [5.74, 6) is 0. The molecule has 1 fully saturated rings. The molecule has 1 aliphatic heterocycles. The second-order valence-corrected chi connectivity index (χ2v) is 10.3. The molecule has 0 saturated carbocycles. The van der Waals surface area contributed by atoms with Gasteiger partial charge in [-0.25, -0.2) is 13.4 Å². The standard InChI is InChI=1S/C22H25N3O2S2/c1-17-8-9-18(2)21(14-17)29(26,27)25-12-10-24(11-13-25)15-22-23-20(16-28-22)19-6-4-3-5-7-19/h3-9,14,16H,10-13,15H2,1-2H3. The van der Waals surface area contributed by atoms with Gasteiger partial charge in [0.1, 0.15) is 5.01 Å². The van der Waals surface area contributed by atoms with Crippen LogP contribution in [0.15, 0.2) is 58.8 Å². The van der Waals surface area contributed by atoms with Gasteiger partial charge < -0.3 is 0 Å². The Balaban J connectivity index is 1.40. The van der Waals surface area contributed by atoms with Crippen LogP contribution in [0.4, 0.5) is 0 Å². The number of aromatic nitrogens is 1. The molecular weight excluding hydrogens is 402 g/mol. The first-order valence-corrected chi connectivity index (χ1v) is 12.0. The molecule has 4 rings (SSSR count). The SMILES string of the molecule is Cc1ccc(C)c(S(=O)(=O)N2CCN(Cc3nc(-c4ccccc4)cs3)CC2)c1. The van der Waals surface area contributed by atoms with Crippen LogP contribution < -0.4 is 0 Å². The van der Waals surface area contributed by atoms with Gasteiger partial charge in [0, 0.05) is 37.1 Å². The Labute approximate surface area is 176 Å². The van der Waals surface area contributed by atoms with Gasteiger partial charge in [-0.3, -0.25) is 4.90 Å². The largest absolute Gasteiger partial charge is 0.294 e. The number of rotatable bonds is 5. The minimum Gasteiger partial charge on any atom is -0.294 e. The third-order valence-corrected chi connectivity index (χ3v) is 8.15. The predicted molar refractivity (Wildman–Crippen MR) is 118 cm³/mol. The van der Waals surface area contributed by atoms with Crippen LogP contribution in [0, 0.1) is 13.8 Å². The Kier molecular flexibility index (Phi) is 5.83. The number of benzene rings is 2. The average Bonchev–Trinajstić information content (AvgIpc) is 3.19. The lowest BCUT2D eigenvalue weighted by atomic mass is 10.2. The highest BCUT2D eigenvalue weighted by Gasteiger charge is 2.29. The normalized spacial score (nSPS) is 16.2. The van der Waals surface area contributed by atoms with E-state index in [0.29, 0.717) is 31.1 Å². The Bertz CT molecular complexity index is 1090. The summed E-state index contributed by atoms with van der Waals surface area (Å²) in [6, 6.07) is 15.8. The Morgan fingerprint density at radius 3 is 2.45 bits per heavy atom. The Morgan fingerprint density at radius 2 is 1.72 bits per heavy atom. The lowest BCUT2D eigenvalue weighted by Crippen LogP contribution is -2.48. The number of thiazole rings is 1. The van der Waals surface area contributed by atoms with Crippen LogP contribution in [-0.2, 0) is 16.6 Å². The molecule has 0 bridgehead atoms. The third kappa shape index (κ3) is 4.43. The van der Waals surface area contributed by atoms with Crippen LogP contribution in [-0.4, -0.2) is 48.8 Å². The lowest BCUT2D eigenvalue weighted by Gasteiger charge is -2.33. The van der Waals surface area contributed by atoms with E-state index in [9.17, 15) is 8.42 Å². The number of aryl methyl sites for hydroxylation is 2.